The molecule has 204 valence electrons. The van der Waals surface area contributed by atoms with E-state index in [1.807, 2.05) is 52.0 Å². The number of hydrogen-bond donors (Lipinski definition) is 4. The van der Waals surface area contributed by atoms with Crippen LogP contribution in [-0.2, 0) is 38.7 Å². The topological polar surface area (TPSA) is 98.7 Å². The van der Waals surface area contributed by atoms with Gasteiger partial charge in [-0.05, 0) is 69.4 Å². The highest BCUT2D eigenvalue weighted by atomic mass is 16.3. The number of rotatable bonds is 6. The van der Waals surface area contributed by atoms with Gasteiger partial charge in [-0.15, -0.1) is 0 Å². The Morgan fingerprint density at radius 2 is 0.946 bits per heavy atom. The largest absolute Gasteiger partial charge is 0.507 e. The summed E-state index contributed by atoms with van der Waals surface area (Å²) in [6.45, 7) is 20.3. The van der Waals surface area contributed by atoms with Crippen molar-refractivity contribution in [1.82, 2.24) is 10.9 Å². The second-order valence-electron chi connectivity index (χ2n) is 13.2. The van der Waals surface area contributed by atoms with Gasteiger partial charge in [0.2, 0.25) is 11.8 Å². The van der Waals surface area contributed by atoms with E-state index in [4.69, 9.17) is 0 Å². The van der Waals surface area contributed by atoms with Crippen molar-refractivity contribution in [2.24, 2.45) is 0 Å². The van der Waals surface area contributed by atoms with Gasteiger partial charge in [0.15, 0.2) is 0 Å². The molecular formula is C31H46N2O4. The van der Waals surface area contributed by atoms with Crippen LogP contribution in [0.5, 0.6) is 11.5 Å². The van der Waals surface area contributed by atoms with Crippen LogP contribution >= 0.6 is 0 Å². The lowest BCUT2D eigenvalue weighted by Gasteiger charge is -2.28. The molecule has 0 aliphatic heterocycles. The lowest BCUT2D eigenvalue weighted by molar-refractivity contribution is -0.128. The molecule has 0 saturated carbocycles. The van der Waals surface area contributed by atoms with Gasteiger partial charge in [-0.25, -0.2) is 0 Å². The minimum Gasteiger partial charge on any atom is -0.507 e. The predicted octanol–water partition coefficient (Wildman–Crippen LogP) is 6.01. The number of aromatic hydroxyl groups is 2. The van der Waals surface area contributed by atoms with E-state index < -0.39 is 0 Å². The Balaban J connectivity index is 1.97. The first-order valence-electron chi connectivity index (χ1n) is 13.1. The van der Waals surface area contributed by atoms with Crippen LogP contribution in [0.4, 0.5) is 0 Å². The van der Waals surface area contributed by atoms with Crippen LogP contribution in [-0.4, -0.2) is 22.0 Å². The molecule has 0 heterocycles. The molecule has 0 spiro atoms. The van der Waals surface area contributed by atoms with Crippen LogP contribution in [0.15, 0.2) is 24.3 Å². The Hall–Kier alpha value is -3.02. The minimum atomic E-state index is -0.272. The highest BCUT2D eigenvalue weighted by Crippen LogP contribution is 2.40. The normalized spacial score (nSPS) is 12.4. The molecule has 6 nitrogen and oxygen atoms in total. The maximum Gasteiger partial charge on any atom is 0.238 e. The highest BCUT2D eigenvalue weighted by molar-refractivity contribution is 5.82. The van der Waals surface area contributed by atoms with Crippen LogP contribution in [0, 0.1) is 6.92 Å². The maximum absolute atomic E-state index is 12.5. The zero-order valence-electron chi connectivity index (χ0n) is 24.3. The number of benzene rings is 2. The SMILES string of the molecule is Cc1cc(CCC(=O)NNC(=O)CCc2cc(C(C)(C)C)c(O)c(C(C)(C)C)c2)cc(C(C)(C)C)c1O. The van der Waals surface area contributed by atoms with E-state index in [0.717, 1.165) is 33.4 Å². The molecule has 0 aliphatic rings. The summed E-state index contributed by atoms with van der Waals surface area (Å²) in [5.41, 5.74) is 9.67. The van der Waals surface area contributed by atoms with Crippen LogP contribution in [0.2, 0.25) is 0 Å². The first-order chi connectivity index (χ1) is 16.8. The predicted molar refractivity (Wildman–Crippen MR) is 150 cm³/mol. The third-order valence-electron chi connectivity index (χ3n) is 6.58. The van der Waals surface area contributed by atoms with Gasteiger partial charge >= 0.3 is 0 Å². The third-order valence-corrected chi connectivity index (χ3v) is 6.58. The van der Waals surface area contributed by atoms with E-state index >= 15 is 0 Å². The molecule has 4 N–H and O–H groups in total. The first kappa shape index (κ1) is 30.2. The summed E-state index contributed by atoms with van der Waals surface area (Å²) in [6.07, 6.45) is 1.43. The van der Waals surface area contributed by atoms with E-state index in [9.17, 15) is 19.8 Å². The second-order valence-corrected chi connectivity index (χ2v) is 13.2. The van der Waals surface area contributed by atoms with Crippen molar-refractivity contribution in [3.05, 3.63) is 57.6 Å². The molecule has 0 aromatic heterocycles. The molecular weight excluding hydrogens is 464 g/mol. The average molecular weight is 511 g/mol. The Kier molecular flexibility index (Phi) is 9.11. The number of hydrazine groups is 1. The van der Waals surface area contributed by atoms with Gasteiger partial charge in [0.25, 0.3) is 0 Å². The standard InChI is InChI=1S/C31H46N2O4/c1-19-15-20(16-22(27(19)36)29(2,3)4)11-13-25(34)32-33-26(35)14-12-21-17-23(30(5,6)7)28(37)24(18-21)31(8,9)10/h15-18,36-37H,11-14H2,1-10H3,(H,32,34)(H,33,35). The molecule has 0 bridgehead atoms. The number of hydrogen-bond acceptors (Lipinski definition) is 4. The molecule has 2 amide bonds. The molecule has 0 atom stereocenters. The number of carbonyl (C=O) groups excluding carboxylic acids is 2. The summed E-state index contributed by atoms with van der Waals surface area (Å²) in [5, 5.41) is 21.3. The summed E-state index contributed by atoms with van der Waals surface area (Å²) in [5.74, 6) is 0.0716. The van der Waals surface area contributed by atoms with Crippen molar-refractivity contribution in [2.45, 2.75) is 111 Å². The Morgan fingerprint density at radius 1 is 0.622 bits per heavy atom. The Bertz CT molecular complexity index is 1110. The van der Waals surface area contributed by atoms with Gasteiger partial charge in [0.1, 0.15) is 11.5 Å². The molecule has 0 unspecified atom stereocenters. The van der Waals surface area contributed by atoms with Gasteiger partial charge in [0, 0.05) is 12.8 Å². The van der Waals surface area contributed by atoms with E-state index in [2.05, 4.69) is 52.4 Å². The van der Waals surface area contributed by atoms with Crippen molar-refractivity contribution in [3.63, 3.8) is 0 Å². The molecule has 0 fully saturated rings. The number of carbonyl (C=O) groups is 2. The Morgan fingerprint density at radius 3 is 1.30 bits per heavy atom. The Labute approximate surface area is 222 Å². The van der Waals surface area contributed by atoms with Crippen molar-refractivity contribution >= 4 is 11.8 Å². The molecule has 0 aliphatic carbocycles. The van der Waals surface area contributed by atoms with Gasteiger partial charge < -0.3 is 10.2 Å². The fourth-order valence-electron chi connectivity index (χ4n) is 4.33. The molecule has 6 heteroatoms. The minimum absolute atomic E-state index is 0.208. The molecule has 0 radical (unpaired) electrons. The summed E-state index contributed by atoms with van der Waals surface area (Å²) in [4.78, 5) is 24.8. The van der Waals surface area contributed by atoms with Crippen LogP contribution in [0.25, 0.3) is 0 Å². The van der Waals surface area contributed by atoms with E-state index in [-0.39, 0.29) is 40.9 Å². The lowest BCUT2D eigenvalue weighted by Crippen LogP contribution is -2.41. The number of phenols is 2. The van der Waals surface area contributed by atoms with Crippen molar-refractivity contribution in [2.75, 3.05) is 0 Å². The highest BCUT2D eigenvalue weighted by Gasteiger charge is 2.26. The molecule has 37 heavy (non-hydrogen) atoms. The summed E-state index contributed by atoms with van der Waals surface area (Å²) < 4.78 is 0. The summed E-state index contributed by atoms with van der Waals surface area (Å²) in [7, 11) is 0. The van der Waals surface area contributed by atoms with Gasteiger partial charge in [0.05, 0.1) is 0 Å². The monoisotopic (exact) mass is 510 g/mol. The van der Waals surface area contributed by atoms with Gasteiger partial charge in [-0.1, -0.05) is 86.6 Å². The second kappa shape index (κ2) is 11.2. The number of phenolic OH excluding ortho intramolecular Hbond substituents is 2. The van der Waals surface area contributed by atoms with Crippen LogP contribution in [0.3, 0.4) is 0 Å². The molecule has 0 saturated heterocycles. The fraction of sp³-hybridized carbons (Fsp3) is 0.548. The summed E-state index contributed by atoms with van der Waals surface area (Å²) >= 11 is 0. The van der Waals surface area contributed by atoms with Crippen LogP contribution in [0.1, 0.15) is 109 Å². The molecule has 2 rings (SSSR count). The van der Waals surface area contributed by atoms with Crippen LogP contribution < -0.4 is 10.9 Å². The van der Waals surface area contributed by atoms with Crippen molar-refractivity contribution < 1.29 is 19.8 Å². The smallest absolute Gasteiger partial charge is 0.238 e. The van der Waals surface area contributed by atoms with Crippen molar-refractivity contribution in [1.29, 1.82) is 0 Å². The van der Waals surface area contributed by atoms with Gasteiger partial charge in [-0.3, -0.25) is 20.4 Å². The van der Waals surface area contributed by atoms with Gasteiger partial charge in [-0.2, -0.15) is 0 Å². The average Bonchev–Trinajstić information content (AvgIpc) is 2.75. The van der Waals surface area contributed by atoms with E-state index in [0.29, 0.717) is 24.3 Å². The zero-order chi connectivity index (χ0) is 28.3. The third kappa shape index (κ3) is 8.24. The van der Waals surface area contributed by atoms with Crippen molar-refractivity contribution in [3.8, 4) is 11.5 Å². The zero-order valence-corrected chi connectivity index (χ0v) is 24.3. The number of aryl methyl sites for hydroxylation is 3. The van der Waals surface area contributed by atoms with E-state index in [1.54, 1.807) is 0 Å². The first-order valence-corrected chi connectivity index (χ1v) is 13.1. The fourth-order valence-corrected chi connectivity index (χ4v) is 4.33. The quantitative estimate of drug-likeness (QED) is 0.358. The van der Waals surface area contributed by atoms with E-state index in [1.165, 1.54) is 0 Å². The molecule has 2 aromatic carbocycles. The number of amides is 2. The maximum atomic E-state index is 12.5. The molecule has 2 aromatic rings. The number of nitrogens with one attached hydrogen (secondary N) is 2. The summed E-state index contributed by atoms with van der Waals surface area (Å²) in [6, 6.07) is 7.79. The lowest BCUT2D eigenvalue weighted by atomic mass is 9.78.